The molecule has 4 heteroatoms. The molecule has 1 aliphatic heterocycles. The second-order valence-corrected chi connectivity index (χ2v) is 6.22. The minimum Gasteiger partial charge on any atom is -0.481 e. The molecule has 0 saturated carbocycles. The summed E-state index contributed by atoms with van der Waals surface area (Å²) in [6.45, 7) is 6.45. The molecule has 0 bridgehead atoms. The van der Waals surface area contributed by atoms with Crippen molar-refractivity contribution in [3.8, 4) is 0 Å². The van der Waals surface area contributed by atoms with Crippen molar-refractivity contribution in [3.63, 3.8) is 0 Å². The highest BCUT2D eigenvalue weighted by Crippen LogP contribution is 2.35. The first-order valence-corrected chi connectivity index (χ1v) is 7.55. The Kier molecular flexibility index (Phi) is 4.71. The van der Waals surface area contributed by atoms with Gasteiger partial charge in [0.2, 0.25) is 0 Å². The molecule has 0 radical (unpaired) electrons. The van der Waals surface area contributed by atoms with Crippen LogP contribution in [-0.2, 0) is 11.3 Å². The third-order valence-electron chi connectivity index (χ3n) is 4.55. The fourth-order valence-corrected chi connectivity index (χ4v) is 3.17. The molecular formula is C16H22ClNO2. The molecule has 1 aromatic carbocycles. The van der Waals surface area contributed by atoms with Gasteiger partial charge in [-0.3, -0.25) is 9.69 Å². The Morgan fingerprint density at radius 1 is 1.40 bits per heavy atom. The fraction of sp³-hybridized carbons (Fsp3) is 0.562. The fourth-order valence-electron chi connectivity index (χ4n) is 2.88. The Morgan fingerprint density at radius 3 is 2.55 bits per heavy atom. The molecule has 1 aromatic rings. The van der Waals surface area contributed by atoms with Gasteiger partial charge in [0.1, 0.15) is 0 Å². The first kappa shape index (κ1) is 15.3. The molecule has 1 aliphatic rings. The lowest BCUT2D eigenvalue weighted by Crippen LogP contribution is -2.43. The predicted molar refractivity (Wildman–Crippen MR) is 81.1 cm³/mol. The molecule has 0 aliphatic carbocycles. The van der Waals surface area contributed by atoms with Crippen LogP contribution in [0.25, 0.3) is 0 Å². The van der Waals surface area contributed by atoms with Gasteiger partial charge in [-0.15, -0.1) is 0 Å². The number of nitrogens with zero attached hydrogens (tertiary/aromatic N) is 1. The van der Waals surface area contributed by atoms with E-state index in [4.69, 9.17) is 11.6 Å². The van der Waals surface area contributed by atoms with Crippen molar-refractivity contribution in [3.05, 3.63) is 34.3 Å². The zero-order valence-electron chi connectivity index (χ0n) is 12.2. The predicted octanol–water partition coefficient (Wildman–Crippen LogP) is 3.73. The average Bonchev–Trinajstić information content (AvgIpc) is 2.42. The normalized spacial score (nSPS) is 18.9. The van der Waals surface area contributed by atoms with Crippen LogP contribution in [0.1, 0.15) is 37.3 Å². The molecule has 20 heavy (non-hydrogen) atoms. The van der Waals surface area contributed by atoms with E-state index < -0.39 is 11.4 Å². The second-order valence-electron chi connectivity index (χ2n) is 5.81. The Hall–Kier alpha value is -1.06. The van der Waals surface area contributed by atoms with E-state index in [-0.39, 0.29) is 0 Å². The summed E-state index contributed by atoms with van der Waals surface area (Å²) in [6, 6.07) is 6.11. The molecule has 1 N–H and O–H groups in total. The average molecular weight is 296 g/mol. The number of halogens is 1. The number of piperidine rings is 1. The van der Waals surface area contributed by atoms with Crippen LogP contribution in [0.15, 0.2) is 18.2 Å². The number of hydrogen-bond donors (Lipinski definition) is 1. The largest absolute Gasteiger partial charge is 0.481 e. The summed E-state index contributed by atoms with van der Waals surface area (Å²) in [5, 5.41) is 10.2. The van der Waals surface area contributed by atoms with E-state index in [1.807, 2.05) is 19.9 Å². The van der Waals surface area contributed by atoms with Crippen molar-refractivity contribution in [2.75, 3.05) is 13.1 Å². The highest BCUT2D eigenvalue weighted by molar-refractivity contribution is 6.31. The van der Waals surface area contributed by atoms with Gasteiger partial charge in [-0.05, 0) is 56.5 Å². The zero-order chi connectivity index (χ0) is 14.8. The molecule has 1 saturated heterocycles. The van der Waals surface area contributed by atoms with Crippen molar-refractivity contribution in [2.45, 2.75) is 39.7 Å². The molecule has 110 valence electrons. The molecule has 1 fully saturated rings. The minimum absolute atomic E-state index is 0.520. The molecule has 0 atom stereocenters. The first-order valence-electron chi connectivity index (χ1n) is 7.17. The number of likely N-dealkylation sites (tertiary alicyclic amines) is 1. The summed E-state index contributed by atoms with van der Waals surface area (Å²) in [5.41, 5.74) is 1.76. The van der Waals surface area contributed by atoms with E-state index in [0.29, 0.717) is 6.42 Å². The highest BCUT2D eigenvalue weighted by atomic mass is 35.5. The van der Waals surface area contributed by atoms with Crippen LogP contribution in [0.2, 0.25) is 5.02 Å². The van der Waals surface area contributed by atoms with Crippen LogP contribution >= 0.6 is 11.6 Å². The van der Waals surface area contributed by atoms with Crippen LogP contribution in [0.4, 0.5) is 0 Å². The van der Waals surface area contributed by atoms with Gasteiger partial charge in [-0.2, -0.15) is 0 Å². The lowest BCUT2D eigenvalue weighted by atomic mass is 9.76. The summed E-state index contributed by atoms with van der Waals surface area (Å²) in [5.74, 6) is -0.645. The topological polar surface area (TPSA) is 40.5 Å². The van der Waals surface area contributed by atoms with Crippen molar-refractivity contribution >= 4 is 17.6 Å². The number of carbonyl (C=O) groups is 1. The Balaban J connectivity index is 1.99. The zero-order valence-corrected chi connectivity index (χ0v) is 12.9. The quantitative estimate of drug-likeness (QED) is 0.920. The molecule has 0 spiro atoms. The molecule has 0 unspecified atom stereocenters. The van der Waals surface area contributed by atoms with E-state index in [0.717, 1.165) is 48.6 Å². The van der Waals surface area contributed by atoms with Gasteiger partial charge < -0.3 is 5.11 Å². The van der Waals surface area contributed by atoms with E-state index in [2.05, 4.69) is 17.0 Å². The smallest absolute Gasteiger partial charge is 0.309 e. The SMILES string of the molecule is CCC1(C(=O)O)CCN(Cc2ccc(C)cc2Cl)CC1. The van der Waals surface area contributed by atoms with Crippen LogP contribution in [0.3, 0.4) is 0 Å². The maximum atomic E-state index is 11.4. The lowest BCUT2D eigenvalue weighted by molar-refractivity contribution is -0.152. The minimum atomic E-state index is -0.645. The number of benzene rings is 1. The standard InChI is InChI=1S/C16H22ClNO2/c1-3-16(15(19)20)6-8-18(9-7-16)11-13-5-4-12(2)10-14(13)17/h4-5,10H,3,6-9,11H2,1-2H3,(H,19,20). The van der Waals surface area contributed by atoms with Gasteiger partial charge in [0.05, 0.1) is 5.41 Å². The van der Waals surface area contributed by atoms with Crippen LogP contribution in [-0.4, -0.2) is 29.1 Å². The van der Waals surface area contributed by atoms with Gasteiger partial charge in [0.15, 0.2) is 0 Å². The third kappa shape index (κ3) is 3.15. The Morgan fingerprint density at radius 2 is 2.05 bits per heavy atom. The van der Waals surface area contributed by atoms with Crippen molar-refractivity contribution in [1.29, 1.82) is 0 Å². The number of aryl methyl sites for hydroxylation is 1. The van der Waals surface area contributed by atoms with Gasteiger partial charge in [0.25, 0.3) is 0 Å². The summed E-state index contributed by atoms with van der Waals surface area (Å²) >= 11 is 6.26. The number of aliphatic carboxylic acids is 1. The molecule has 3 nitrogen and oxygen atoms in total. The third-order valence-corrected chi connectivity index (χ3v) is 4.90. The number of hydrogen-bond acceptors (Lipinski definition) is 2. The van der Waals surface area contributed by atoms with Crippen LogP contribution in [0.5, 0.6) is 0 Å². The van der Waals surface area contributed by atoms with Crippen LogP contribution in [0, 0.1) is 12.3 Å². The maximum absolute atomic E-state index is 11.4. The summed E-state index contributed by atoms with van der Waals surface area (Å²) in [4.78, 5) is 13.7. The first-order chi connectivity index (χ1) is 9.47. The van der Waals surface area contributed by atoms with E-state index >= 15 is 0 Å². The second kappa shape index (κ2) is 6.15. The number of rotatable bonds is 4. The molecule has 1 heterocycles. The van der Waals surface area contributed by atoms with Gasteiger partial charge in [0, 0.05) is 11.6 Å². The van der Waals surface area contributed by atoms with Crippen molar-refractivity contribution in [2.24, 2.45) is 5.41 Å². The summed E-state index contributed by atoms with van der Waals surface area (Å²) in [7, 11) is 0. The monoisotopic (exact) mass is 295 g/mol. The molecule has 0 aromatic heterocycles. The number of carboxylic acid groups (broad SMARTS) is 1. The summed E-state index contributed by atoms with van der Waals surface area (Å²) < 4.78 is 0. The van der Waals surface area contributed by atoms with Gasteiger partial charge in [-0.25, -0.2) is 0 Å². The van der Waals surface area contributed by atoms with E-state index in [9.17, 15) is 9.90 Å². The van der Waals surface area contributed by atoms with Gasteiger partial charge in [-0.1, -0.05) is 30.7 Å². The number of carboxylic acids is 1. The Labute approximate surface area is 125 Å². The highest BCUT2D eigenvalue weighted by Gasteiger charge is 2.39. The molecule has 2 rings (SSSR count). The van der Waals surface area contributed by atoms with Crippen molar-refractivity contribution < 1.29 is 9.90 Å². The van der Waals surface area contributed by atoms with Crippen molar-refractivity contribution in [1.82, 2.24) is 4.90 Å². The Bertz CT molecular complexity index is 493. The van der Waals surface area contributed by atoms with Crippen LogP contribution < -0.4 is 0 Å². The maximum Gasteiger partial charge on any atom is 0.309 e. The summed E-state index contributed by atoms with van der Waals surface area (Å²) in [6.07, 6.45) is 2.16. The lowest BCUT2D eigenvalue weighted by Gasteiger charge is -2.38. The molecule has 0 amide bonds. The van der Waals surface area contributed by atoms with Gasteiger partial charge >= 0.3 is 5.97 Å². The molecular weight excluding hydrogens is 274 g/mol. The van der Waals surface area contributed by atoms with E-state index in [1.54, 1.807) is 0 Å². The van der Waals surface area contributed by atoms with E-state index in [1.165, 1.54) is 0 Å².